The van der Waals surface area contributed by atoms with Crippen LogP contribution in [0.25, 0.3) is 32.1 Å². The fraction of sp³-hybridized carbons (Fsp3) is 0.469. The van der Waals surface area contributed by atoms with E-state index in [1.807, 2.05) is 4.90 Å². The quantitative estimate of drug-likeness (QED) is 0.310. The number of thiophene rings is 1. The molecule has 4 aliphatic rings. The van der Waals surface area contributed by atoms with Gasteiger partial charge in [0.05, 0.1) is 32.8 Å². The second kappa shape index (κ2) is 9.82. The Kier molecular flexibility index (Phi) is 6.24. The maximum atomic E-state index is 17.1. The largest absolute Gasteiger partial charge is 0.490 e. The van der Waals surface area contributed by atoms with Crippen LogP contribution < -0.4 is 20.1 Å². The van der Waals surface area contributed by atoms with E-state index in [2.05, 4.69) is 16.0 Å². The fourth-order valence-corrected chi connectivity index (χ4v) is 8.95. The van der Waals surface area contributed by atoms with Gasteiger partial charge >= 0.3 is 6.01 Å². The molecule has 0 spiro atoms. The van der Waals surface area contributed by atoms with Crippen molar-refractivity contribution in [3.05, 3.63) is 34.9 Å². The van der Waals surface area contributed by atoms with Crippen LogP contribution >= 0.6 is 11.3 Å². The highest BCUT2D eigenvalue weighted by Gasteiger charge is 2.50. The molecule has 2 aromatic carbocycles. The van der Waals surface area contributed by atoms with E-state index in [-0.39, 0.29) is 56.5 Å². The van der Waals surface area contributed by atoms with Crippen molar-refractivity contribution in [2.45, 2.75) is 62.9 Å². The summed E-state index contributed by atoms with van der Waals surface area (Å²) in [6.07, 6.45) is 1.59. The number of aromatic nitrogens is 2. The molecule has 3 N–H and O–H groups in total. The topological polar surface area (TPSA) is 121 Å². The van der Waals surface area contributed by atoms with Crippen molar-refractivity contribution in [1.29, 1.82) is 5.26 Å². The Morgan fingerprint density at radius 2 is 2.07 bits per heavy atom. The first kappa shape index (κ1) is 28.6. The molecule has 0 saturated carbocycles. The number of nitrogen functional groups attached to an aromatic ring is 1. The Hall–Kier alpha value is -3.86. The molecular weight excluding hydrogens is 605 g/mol. The van der Waals surface area contributed by atoms with Gasteiger partial charge in [0, 0.05) is 36.0 Å². The minimum Gasteiger partial charge on any atom is -0.490 e. The number of rotatable bonds is 4. The number of fused-ring (bicyclic) bond motifs is 4. The smallest absolute Gasteiger partial charge is 0.319 e. The van der Waals surface area contributed by atoms with Gasteiger partial charge in [0.15, 0.2) is 5.82 Å². The zero-order chi connectivity index (χ0) is 31.4. The number of benzene rings is 2. The number of alkyl halides is 1. The first-order valence-corrected chi connectivity index (χ1v) is 15.9. The summed E-state index contributed by atoms with van der Waals surface area (Å²) >= 11 is 0.936. The van der Waals surface area contributed by atoms with Gasteiger partial charge in [-0.05, 0) is 51.3 Å². The van der Waals surface area contributed by atoms with Gasteiger partial charge in [-0.1, -0.05) is 6.07 Å². The molecule has 3 fully saturated rings. The third-order valence-electron chi connectivity index (χ3n) is 10.3. The first-order valence-electron chi connectivity index (χ1n) is 15.1. The number of hydrogen-bond acceptors (Lipinski definition) is 10. The third-order valence-corrected chi connectivity index (χ3v) is 11.3. The van der Waals surface area contributed by atoms with Gasteiger partial charge in [0.1, 0.15) is 53.4 Å². The van der Waals surface area contributed by atoms with Crippen LogP contribution in [0.5, 0.6) is 11.8 Å². The molecule has 3 saturated heterocycles. The standard InChI is InChI=1S/C32H31F3N6O3S/c1-15-21(17-4-5-19(34)27-22(17)18(11-36)28(37)45-27)24(35)25-23-26(15)43-13-20-31(2,42)7-9-41(20)29(23)39-30(38-25)44-14-32-6-3-8-40(32)12-16(33)10-32/h4-5,16,20,42H,3,6-10,12-14,37H2,1-2H3/t16-,20?,31?,32+/m1/s1. The van der Waals surface area contributed by atoms with E-state index < -0.39 is 35.0 Å². The minimum absolute atomic E-state index is 0.0605. The average Bonchev–Trinajstić information content (AvgIpc) is 3.68. The lowest BCUT2D eigenvalue weighted by atomic mass is 9.92. The Morgan fingerprint density at radius 1 is 1.24 bits per heavy atom. The van der Waals surface area contributed by atoms with Crippen LogP contribution in [-0.2, 0) is 0 Å². The van der Waals surface area contributed by atoms with E-state index in [4.69, 9.17) is 20.2 Å². The zero-order valence-corrected chi connectivity index (χ0v) is 25.6. The highest BCUT2D eigenvalue weighted by atomic mass is 32.1. The molecule has 45 heavy (non-hydrogen) atoms. The molecule has 4 aliphatic heterocycles. The van der Waals surface area contributed by atoms with Gasteiger partial charge < -0.3 is 25.2 Å². The van der Waals surface area contributed by atoms with E-state index in [1.165, 1.54) is 12.1 Å². The van der Waals surface area contributed by atoms with Gasteiger partial charge in [-0.25, -0.2) is 13.2 Å². The van der Waals surface area contributed by atoms with Gasteiger partial charge in [-0.2, -0.15) is 15.2 Å². The highest BCUT2D eigenvalue weighted by Crippen LogP contribution is 2.50. The highest BCUT2D eigenvalue weighted by molar-refractivity contribution is 7.23. The Morgan fingerprint density at radius 3 is 2.87 bits per heavy atom. The maximum Gasteiger partial charge on any atom is 0.319 e. The lowest BCUT2D eigenvalue weighted by Gasteiger charge is -2.31. The van der Waals surface area contributed by atoms with Crippen LogP contribution in [-0.4, -0.2) is 76.2 Å². The Bertz CT molecular complexity index is 1960. The van der Waals surface area contributed by atoms with E-state index in [1.54, 1.807) is 13.8 Å². The first-order chi connectivity index (χ1) is 21.5. The van der Waals surface area contributed by atoms with Crippen molar-refractivity contribution in [3.63, 3.8) is 0 Å². The van der Waals surface area contributed by atoms with Gasteiger partial charge in [0.2, 0.25) is 0 Å². The predicted molar refractivity (Wildman–Crippen MR) is 165 cm³/mol. The van der Waals surface area contributed by atoms with E-state index in [9.17, 15) is 19.1 Å². The summed E-state index contributed by atoms with van der Waals surface area (Å²) in [7, 11) is 0. The van der Waals surface area contributed by atoms with Crippen molar-refractivity contribution >= 4 is 43.1 Å². The fourth-order valence-electron chi connectivity index (χ4n) is 8.00. The molecule has 2 aromatic heterocycles. The summed E-state index contributed by atoms with van der Waals surface area (Å²) in [6.45, 7) is 5.31. The van der Waals surface area contributed by atoms with E-state index >= 15 is 4.39 Å². The molecule has 4 atom stereocenters. The number of anilines is 2. The minimum atomic E-state index is -1.10. The van der Waals surface area contributed by atoms with Crippen LogP contribution in [0.15, 0.2) is 12.1 Å². The number of halogens is 3. The molecule has 4 aromatic rings. The summed E-state index contributed by atoms with van der Waals surface area (Å²) in [4.78, 5) is 13.4. The van der Waals surface area contributed by atoms with Crippen LogP contribution in [0.2, 0.25) is 0 Å². The van der Waals surface area contributed by atoms with Crippen molar-refractivity contribution in [2.75, 3.05) is 43.5 Å². The Balaban J connectivity index is 1.35. The van der Waals surface area contributed by atoms with Gasteiger partial charge in [-0.15, -0.1) is 11.3 Å². The number of nitriles is 1. The van der Waals surface area contributed by atoms with Crippen molar-refractivity contribution in [2.24, 2.45) is 0 Å². The van der Waals surface area contributed by atoms with Gasteiger partial charge in [-0.3, -0.25) is 4.90 Å². The van der Waals surface area contributed by atoms with Crippen LogP contribution in [0.4, 0.5) is 24.0 Å². The molecule has 234 valence electrons. The second-order valence-corrected chi connectivity index (χ2v) is 14.0. The van der Waals surface area contributed by atoms with E-state index in [0.29, 0.717) is 48.4 Å². The summed E-state index contributed by atoms with van der Waals surface area (Å²) < 4.78 is 59.3. The molecule has 0 amide bonds. The normalized spacial score (nSPS) is 27.4. The molecule has 9 nitrogen and oxygen atoms in total. The number of hydrogen-bond donors (Lipinski definition) is 2. The van der Waals surface area contributed by atoms with Crippen LogP contribution in [0.3, 0.4) is 0 Å². The molecule has 6 heterocycles. The lowest BCUT2D eigenvalue weighted by molar-refractivity contribution is 0.0361. The molecule has 0 radical (unpaired) electrons. The van der Waals surface area contributed by atoms with Crippen molar-refractivity contribution < 1.29 is 27.8 Å². The predicted octanol–water partition coefficient (Wildman–Crippen LogP) is 5.23. The summed E-state index contributed by atoms with van der Waals surface area (Å²) in [5.74, 6) is -0.550. The summed E-state index contributed by atoms with van der Waals surface area (Å²) in [5.41, 5.74) is 5.34. The molecule has 8 rings (SSSR count). The summed E-state index contributed by atoms with van der Waals surface area (Å²) in [6, 6.07) is 4.19. The lowest BCUT2D eigenvalue weighted by Crippen LogP contribution is -2.46. The number of nitrogens with two attached hydrogens (primary N) is 1. The SMILES string of the molecule is Cc1c(-c2ccc(F)c3sc(N)c(C#N)c23)c(F)c2nc(OC[C@@]34CCCN3C[C@H](F)C4)nc3c2c1OCC1N3CCC1(C)O. The number of ether oxygens (including phenoxy) is 2. The molecule has 0 bridgehead atoms. The molecule has 2 unspecified atom stereocenters. The zero-order valence-electron chi connectivity index (χ0n) is 24.8. The number of aliphatic hydroxyl groups is 1. The molecule has 13 heteroatoms. The van der Waals surface area contributed by atoms with Crippen molar-refractivity contribution in [1.82, 2.24) is 14.9 Å². The van der Waals surface area contributed by atoms with Crippen LogP contribution in [0, 0.1) is 29.9 Å². The van der Waals surface area contributed by atoms with Gasteiger partial charge in [0.25, 0.3) is 0 Å². The third kappa shape index (κ3) is 4.05. The van der Waals surface area contributed by atoms with E-state index in [0.717, 1.165) is 30.7 Å². The molecule has 0 aliphatic carbocycles. The monoisotopic (exact) mass is 636 g/mol. The Labute approximate surface area is 261 Å². The maximum absolute atomic E-state index is 17.1. The second-order valence-electron chi connectivity index (χ2n) is 12.9. The number of nitrogens with zero attached hydrogens (tertiary/aromatic N) is 5. The van der Waals surface area contributed by atoms with Crippen LogP contribution in [0.1, 0.15) is 43.7 Å². The summed E-state index contributed by atoms with van der Waals surface area (Å²) in [5, 5.41) is 21.9. The molecular formula is C32H31F3N6O3S. The van der Waals surface area contributed by atoms with Crippen molar-refractivity contribution in [3.8, 4) is 29.0 Å². The average molecular weight is 637 g/mol.